The number of aryl methyl sites for hydroxylation is 1. The number of likely N-dealkylation sites (tertiary alicyclic amines) is 1. The molecule has 2 aromatic heterocycles. The van der Waals surface area contributed by atoms with Crippen molar-refractivity contribution in [2.24, 2.45) is 0 Å². The number of carbonyl (C=O) groups excluding carboxylic acids is 1. The third-order valence-corrected chi connectivity index (χ3v) is 4.91. The summed E-state index contributed by atoms with van der Waals surface area (Å²) in [6.07, 6.45) is 9.60. The first-order valence-corrected chi connectivity index (χ1v) is 8.79. The number of carbonyl (C=O) groups is 1. The lowest BCUT2D eigenvalue weighted by molar-refractivity contribution is -0.135. The zero-order valence-corrected chi connectivity index (χ0v) is 15.0. The molecule has 2 aromatic rings. The second-order valence-electron chi connectivity index (χ2n) is 7.06. The normalized spacial score (nSPS) is 17.5. The summed E-state index contributed by atoms with van der Waals surface area (Å²) in [4.78, 5) is 19.3. The molecule has 1 aliphatic rings. The maximum absolute atomic E-state index is 12.7. The summed E-state index contributed by atoms with van der Waals surface area (Å²) < 4.78 is 4.01. The Morgan fingerprint density at radius 1 is 1.25 bits per heavy atom. The Bertz CT molecular complexity index is 694. The van der Waals surface area contributed by atoms with Gasteiger partial charge in [0.05, 0.1) is 6.20 Å². The highest BCUT2D eigenvalue weighted by atomic mass is 16.2. The van der Waals surface area contributed by atoms with Gasteiger partial charge in [0, 0.05) is 43.6 Å². The van der Waals surface area contributed by atoms with Crippen molar-refractivity contribution in [2.75, 3.05) is 13.1 Å². The Balaban J connectivity index is 1.62. The number of piperidine rings is 1. The molecule has 0 aromatic carbocycles. The molecule has 3 heterocycles. The van der Waals surface area contributed by atoms with E-state index >= 15 is 0 Å². The molecular weight excluding hydrogens is 302 g/mol. The molecule has 1 amide bonds. The van der Waals surface area contributed by atoms with Gasteiger partial charge in [-0.1, -0.05) is 0 Å². The molecule has 0 saturated carbocycles. The highest BCUT2D eigenvalue weighted by Crippen LogP contribution is 2.29. The van der Waals surface area contributed by atoms with Crippen LogP contribution in [0.4, 0.5) is 0 Å². The number of aromatic nitrogens is 4. The van der Waals surface area contributed by atoms with Gasteiger partial charge in [-0.05, 0) is 46.1 Å². The lowest BCUT2D eigenvalue weighted by Gasteiger charge is -2.33. The summed E-state index contributed by atoms with van der Waals surface area (Å²) in [6, 6.07) is 0.179. The van der Waals surface area contributed by atoms with Crippen LogP contribution in [-0.2, 0) is 4.79 Å². The van der Waals surface area contributed by atoms with Crippen molar-refractivity contribution in [2.45, 2.75) is 58.5 Å². The predicted octanol–water partition coefficient (Wildman–Crippen LogP) is 2.94. The van der Waals surface area contributed by atoms with Crippen molar-refractivity contribution in [1.82, 2.24) is 24.2 Å². The van der Waals surface area contributed by atoms with Crippen LogP contribution in [0.25, 0.3) is 0 Å². The van der Waals surface area contributed by atoms with Crippen molar-refractivity contribution in [3.63, 3.8) is 0 Å². The van der Waals surface area contributed by atoms with Crippen molar-refractivity contribution >= 4 is 5.91 Å². The van der Waals surface area contributed by atoms with E-state index in [4.69, 9.17) is 0 Å². The molecule has 1 saturated heterocycles. The van der Waals surface area contributed by atoms with Crippen LogP contribution in [0.5, 0.6) is 0 Å². The summed E-state index contributed by atoms with van der Waals surface area (Å²) in [5.41, 5.74) is 1.08. The largest absolute Gasteiger partial charge is 0.341 e. The van der Waals surface area contributed by atoms with Gasteiger partial charge in [-0.25, -0.2) is 4.98 Å². The Morgan fingerprint density at radius 2 is 1.96 bits per heavy atom. The summed E-state index contributed by atoms with van der Waals surface area (Å²) in [5.74, 6) is 1.75. The van der Waals surface area contributed by atoms with E-state index in [1.165, 1.54) is 0 Å². The molecule has 1 fully saturated rings. The fourth-order valence-electron chi connectivity index (χ4n) is 3.46. The van der Waals surface area contributed by atoms with Crippen molar-refractivity contribution in [3.8, 4) is 0 Å². The van der Waals surface area contributed by atoms with Gasteiger partial charge in [-0.2, -0.15) is 5.10 Å². The third-order valence-electron chi connectivity index (χ3n) is 4.91. The van der Waals surface area contributed by atoms with Crippen molar-refractivity contribution in [1.29, 1.82) is 0 Å². The summed E-state index contributed by atoms with van der Waals surface area (Å²) in [7, 11) is 0. The number of amides is 1. The van der Waals surface area contributed by atoms with Crippen LogP contribution in [0.1, 0.15) is 63.0 Å². The minimum Gasteiger partial charge on any atom is -0.341 e. The number of nitrogens with zero attached hydrogens (tertiary/aromatic N) is 5. The summed E-state index contributed by atoms with van der Waals surface area (Å²) >= 11 is 0. The average Bonchev–Trinajstić information content (AvgIpc) is 3.22. The first kappa shape index (κ1) is 16.7. The SMILES string of the molecule is Cc1cnn(C(C)C(=O)N2CCC(c3nccn3C(C)C)CC2)c1. The van der Waals surface area contributed by atoms with E-state index in [1.54, 1.807) is 10.9 Å². The molecule has 1 unspecified atom stereocenters. The highest BCUT2D eigenvalue weighted by molar-refractivity contribution is 5.80. The molecule has 0 aliphatic carbocycles. The standard InChI is InChI=1S/C18H27N5O/c1-13(2)22-10-7-19-17(22)16-5-8-21(9-6-16)18(24)15(4)23-12-14(3)11-20-23/h7,10-13,15-16H,5-6,8-9H2,1-4H3. The predicted molar refractivity (Wildman–Crippen MR) is 92.8 cm³/mol. The number of imidazole rings is 1. The Kier molecular flexibility index (Phi) is 4.73. The lowest BCUT2D eigenvalue weighted by Crippen LogP contribution is -2.41. The fraction of sp³-hybridized carbons (Fsp3) is 0.611. The van der Waals surface area contributed by atoms with E-state index < -0.39 is 0 Å². The maximum Gasteiger partial charge on any atom is 0.247 e. The second-order valence-corrected chi connectivity index (χ2v) is 7.06. The van der Waals surface area contributed by atoms with E-state index in [9.17, 15) is 4.79 Å². The van der Waals surface area contributed by atoms with Gasteiger partial charge >= 0.3 is 0 Å². The topological polar surface area (TPSA) is 56.0 Å². The Morgan fingerprint density at radius 3 is 2.54 bits per heavy atom. The smallest absolute Gasteiger partial charge is 0.247 e. The summed E-state index contributed by atoms with van der Waals surface area (Å²) in [5, 5.41) is 4.27. The number of rotatable bonds is 4. The first-order valence-electron chi connectivity index (χ1n) is 8.79. The van der Waals surface area contributed by atoms with Crippen LogP contribution in [0.3, 0.4) is 0 Å². The molecule has 0 bridgehead atoms. The van der Waals surface area contributed by atoms with Gasteiger partial charge in [0.25, 0.3) is 0 Å². The van der Waals surface area contributed by atoms with E-state index in [1.807, 2.05) is 31.1 Å². The van der Waals surface area contributed by atoms with Crippen molar-refractivity contribution < 1.29 is 4.79 Å². The first-order chi connectivity index (χ1) is 11.5. The van der Waals surface area contributed by atoms with Gasteiger partial charge in [-0.15, -0.1) is 0 Å². The van der Waals surface area contributed by atoms with Crippen molar-refractivity contribution in [3.05, 3.63) is 36.2 Å². The minimum atomic E-state index is -0.243. The van der Waals surface area contributed by atoms with E-state index in [0.29, 0.717) is 12.0 Å². The average molecular weight is 329 g/mol. The molecule has 0 radical (unpaired) electrons. The lowest BCUT2D eigenvalue weighted by atomic mass is 9.95. The van der Waals surface area contributed by atoms with E-state index in [0.717, 1.165) is 37.3 Å². The summed E-state index contributed by atoms with van der Waals surface area (Å²) in [6.45, 7) is 9.85. The molecule has 3 rings (SSSR count). The Labute approximate surface area is 143 Å². The maximum atomic E-state index is 12.7. The number of hydrogen-bond acceptors (Lipinski definition) is 3. The fourth-order valence-corrected chi connectivity index (χ4v) is 3.46. The van der Waals surface area contributed by atoms with Crippen LogP contribution in [0.2, 0.25) is 0 Å². The van der Waals surface area contributed by atoms with Crippen LogP contribution in [0.15, 0.2) is 24.8 Å². The molecule has 24 heavy (non-hydrogen) atoms. The van der Waals surface area contributed by atoms with Crippen LogP contribution in [-0.4, -0.2) is 43.2 Å². The van der Waals surface area contributed by atoms with E-state index in [2.05, 4.69) is 34.7 Å². The Hall–Kier alpha value is -2.11. The molecule has 1 aliphatic heterocycles. The molecule has 0 spiro atoms. The molecule has 6 heteroatoms. The highest BCUT2D eigenvalue weighted by Gasteiger charge is 2.29. The van der Waals surface area contributed by atoms with Crippen LogP contribution < -0.4 is 0 Å². The van der Waals surface area contributed by atoms with Crippen LogP contribution in [0, 0.1) is 6.92 Å². The zero-order valence-electron chi connectivity index (χ0n) is 15.0. The molecular formula is C18H27N5O. The quantitative estimate of drug-likeness (QED) is 0.866. The third kappa shape index (κ3) is 3.23. The second kappa shape index (κ2) is 6.79. The monoisotopic (exact) mass is 329 g/mol. The molecule has 6 nitrogen and oxygen atoms in total. The molecule has 0 N–H and O–H groups in total. The zero-order chi connectivity index (χ0) is 17.3. The minimum absolute atomic E-state index is 0.156. The molecule has 1 atom stereocenters. The van der Waals surface area contributed by atoms with Gasteiger partial charge < -0.3 is 9.47 Å². The van der Waals surface area contributed by atoms with Gasteiger partial charge in [0.1, 0.15) is 11.9 Å². The van der Waals surface area contributed by atoms with E-state index in [-0.39, 0.29) is 11.9 Å². The van der Waals surface area contributed by atoms with Gasteiger partial charge in [0.2, 0.25) is 5.91 Å². The number of hydrogen-bond donors (Lipinski definition) is 0. The van der Waals surface area contributed by atoms with Crippen LogP contribution >= 0.6 is 0 Å². The van der Waals surface area contributed by atoms with Gasteiger partial charge in [0.15, 0.2) is 0 Å². The van der Waals surface area contributed by atoms with Gasteiger partial charge in [-0.3, -0.25) is 9.48 Å². The molecule has 130 valence electrons.